The molecule has 2 aliphatic rings. The molecule has 4 N–H and O–H groups in total. The molecule has 1 aliphatic heterocycles. The zero-order valence-corrected chi connectivity index (χ0v) is 17.0. The number of halogens is 1. The molecule has 148 valence electrons. The zero-order chi connectivity index (χ0) is 18.1. The summed E-state index contributed by atoms with van der Waals surface area (Å²) in [6.07, 6.45) is 5.95. The van der Waals surface area contributed by atoms with Gasteiger partial charge in [0, 0.05) is 30.9 Å². The number of aromatic amines is 1. The molecule has 1 aliphatic carbocycles. The maximum Gasteiger partial charge on any atom is 0.245 e. The first-order valence-electron chi connectivity index (χ1n) is 9.51. The van der Waals surface area contributed by atoms with E-state index in [0.717, 1.165) is 11.6 Å². The number of H-pyrrole nitrogens is 1. The third-order valence-electron chi connectivity index (χ3n) is 6.07. The van der Waals surface area contributed by atoms with Crippen LogP contribution in [0.25, 0.3) is 0 Å². The van der Waals surface area contributed by atoms with E-state index in [9.17, 15) is 4.79 Å². The lowest BCUT2D eigenvalue weighted by molar-refractivity contribution is -0.124. The van der Waals surface area contributed by atoms with Gasteiger partial charge in [0.1, 0.15) is 5.54 Å². The van der Waals surface area contributed by atoms with Crippen molar-refractivity contribution in [2.24, 2.45) is 17.1 Å². The quantitative estimate of drug-likeness (QED) is 0.742. The number of rotatable bonds is 3. The van der Waals surface area contributed by atoms with Crippen molar-refractivity contribution in [2.45, 2.75) is 70.8 Å². The molecule has 26 heavy (non-hydrogen) atoms. The molecule has 3 rings (SSSR count). The molecule has 1 saturated heterocycles. The van der Waals surface area contributed by atoms with Crippen molar-refractivity contribution in [3.05, 3.63) is 11.8 Å². The molecule has 2 heterocycles. The van der Waals surface area contributed by atoms with E-state index in [-0.39, 0.29) is 18.3 Å². The fraction of sp³-hybridized carbons (Fsp3) is 0.789. The number of anilines is 1. The summed E-state index contributed by atoms with van der Waals surface area (Å²) in [6, 6.07) is 1.97. The number of aromatic nitrogens is 2. The molecular formula is C19H33ClN4O2. The van der Waals surface area contributed by atoms with Gasteiger partial charge in [-0.15, -0.1) is 12.4 Å². The fourth-order valence-corrected chi connectivity index (χ4v) is 4.08. The van der Waals surface area contributed by atoms with Crippen molar-refractivity contribution in [1.82, 2.24) is 10.2 Å². The standard InChI is InChI=1S/C19H32N4O2.ClH/c1-18(2,3)14-6-4-13(5-7-14)15-12-16(23-22-15)21-17(24)19(20)8-10-25-11-9-19;/h12-14H,4-11,20H2,1-3H3,(H2,21,22,23,24);1H. The Morgan fingerprint density at radius 1 is 1.27 bits per heavy atom. The van der Waals surface area contributed by atoms with Gasteiger partial charge in [-0.05, 0) is 49.9 Å². The summed E-state index contributed by atoms with van der Waals surface area (Å²) in [5.74, 6) is 1.71. The number of carbonyl (C=O) groups is 1. The highest BCUT2D eigenvalue weighted by molar-refractivity contribution is 5.97. The molecule has 0 bridgehead atoms. The minimum absolute atomic E-state index is 0. The lowest BCUT2D eigenvalue weighted by atomic mass is 9.69. The smallest absolute Gasteiger partial charge is 0.245 e. The summed E-state index contributed by atoms with van der Waals surface area (Å²) in [6.45, 7) is 8.07. The van der Waals surface area contributed by atoms with Gasteiger partial charge in [0.15, 0.2) is 5.82 Å². The van der Waals surface area contributed by atoms with Crippen LogP contribution in [-0.4, -0.2) is 34.9 Å². The average molecular weight is 385 g/mol. The molecule has 0 spiro atoms. The third kappa shape index (κ3) is 4.78. The van der Waals surface area contributed by atoms with Gasteiger partial charge in [0.25, 0.3) is 0 Å². The monoisotopic (exact) mass is 384 g/mol. The van der Waals surface area contributed by atoms with E-state index in [1.54, 1.807) is 0 Å². The van der Waals surface area contributed by atoms with Gasteiger partial charge >= 0.3 is 0 Å². The van der Waals surface area contributed by atoms with Crippen LogP contribution in [0.15, 0.2) is 6.07 Å². The summed E-state index contributed by atoms with van der Waals surface area (Å²) in [7, 11) is 0. The summed E-state index contributed by atoms with van der Waals surface area (Å²) in [5, 5.41) is 10.3. The van der Waals surface area contributed by atoms with Crippen molar-refractivity contribution in [3.63, 3.8) is 0 Å². The minimum Gasteiger partial charge on any atom is -0.381 e. The van der Waals surface area contributed by atoms with Crippen LogP contribution in [0.4, 0.5) is 5.82 Å². The Morgan fingerprint density at radius 3 is 2.46 bits per heavy atom. The normalized spacial score (nSPS) is 26.0. The molecule has 7 heteroatoms. The van der Waals surface area contributed by atoms with Crippen LogP contribution in [0.2, 0.25) is 0 Å². The highest BCUT2D eigenvalue weighted by Crippen LogP contribution is 2.43. The number of hydrogen-bond donors (Lipinski definition) is 3. The lowest BCUT2D eigenvalue weighted by Crippen LogP contribution is -2.54. The number of nitrogens with two attached hydrogens (primary N) is 1. The number of nitrogens with one attached hydrogen (secondary N) is 2. The molecule has 1 aromatic heterocycles. The summed E-state index contributed by atoms with van der Waals surface area (Å²) in [5.41, 5.74) is 6.89. The van der Waals surface area contributed by atoms with Crippen molar-refractivity contribution in [2.75, 3.05) is 18.5 Å². The molecule has 0 aromatic carbocycles. The lowest BCUT2D eigenvalue weighted by Gasteiger charge is -2.36. The SMILES string of the molecule is CC(C)(C)C1CCC(c2cc(NC(=O)C3(N)CCOCC3)n[nH]2)CC1.Cl. The summed E-state index contributed by atoms with van der Waals surface area (Å²) in [4.78, 5) is 12.5. The Balaban J connectivity index is 0.00000243. The van der Waals surface area contributed by atoms with E-state index in [1.165, 1.54) is 25.7 Å². The predicted octanol–water partition coefficient (Wildman–Crippen LogP) is 3.60. The molecule has 1 aromatic rings. The highest BCUT2D eigenvalue weighted by Gasteiger charge is 2.36. The first-order chi connectivity index (χ1) is 11.8. The van der Waals surface area contributed by atoms with Gasteiger partial charge < -0.3 is 15.8 Å². The van der Waals surface area contributed by atoms with E-state index in [1.807, 2.05) is 6.07 Å². The maximum absolute atomic E-state index is 12.5. The number of amides is 1. The Hall–Kier alpha value is -1.11. The first-order valence-corrected chi connectivity index (χ1v) is 9.51. The average Bonchev–Trinajstić information content (AvgIpc) is 3.03. The zero-order valence-electron chi connectivity index (χ0n) is 16.1. The van der Waals surface area contributed by atoms with Crippen LogP contribution < -0.4 is 11.1 Å². The molecule has 0 unspecified atom stereocenters. The Labute approximate surface area is 162 Å². The van der Waals surface area contributed by atoms with Crippen molar-refractivity contribution in [1.29, 1.82) is 0 Å². The molecule has 0 radical (unpaired) electrons. The Bertz CT molecular complexity index is 597. The maximum atomic E-state index is 12.5. The molecule has 0 atom stereocenters. The van der Waals surface area contributed by atoms with E-state index >= 15 is 0 Å². The van der Waals surface area contributed by atoms with Crippen LogP contribution >= 0.6 is 12.4 Å². The summed E-state index contributed by atoms with van der Waals surface area (Å²) < 4.78 is 5.30. The number of hydrogen-bond acceptors (Lipinski definition) is 4. The largest absolute Gasteiger partial charge is 0.381 e. The van der Waals surface area contributed by atoms with Crippen LogP contribution in [0.1, 0.15) is 70.9 Å². The predicted molar refractivity (Wildman–Crippen MR) is 106 cm³/mol. The molecule has 2 fully saturated rings. The minimum atomic E-state index is -0.845. The van der Waals surface area contributed by atoms with Gasteiger partial charge in [-0.3, -0.25) is 9.89 Å². The first kappa shape index (κ1) is 21.2. The van der Waals surface area contributed by atoms with Gasteiger partial charge in [0.2, 0.25) is 5.91 Å². The molecular weight excluding hydrogens is 352 g/mol. The van der Waals surface area contributed by atoms with Gasteiger partial charge in [-0.2, -0.15) is 5.10 Å². The van der Waals surface area contributed by atoms with Crippen molar-refractivity contribution < 1.29 is 9.53 Å². The van der Waals surface area contributed by atoms with Gasteiger partial charge in [-0.1, -0.05) is 20.8 Å². The second-order valence-corrected chi connectivity index (χ2v) is 8.85. The Morgan fingerprint density at radius 2 is 1.88 bits per heavy atom. The van der Waals surface area contributed by atoms with Crippen LogP contribution in [0.5, 0.6) is 0 Å². The highest BCUT2D eigenvalue weighted by atomic mass is 35.5. The van der Waals surface area contributed by atoms with Crippen LogP contribution in [0.3, 0.4) is 0 Å². The number of carbonyl (C=O) groups excluding carboxylic acids is 1. The van der Waals surface area contributed by atoms with Gasteiger partial charge in [-0.25, -0.2) is 0 Å². The Kier molecular flexibility index (Phi) is 6.75. The molecule has 1 amide bonds. The molecule has 6 nitrogen and oxygen atoms in total. The van der Waals surface area contributed by atoms with Crippen LogP contribution in [-0.2, 0) is 9.53 Å². The van der Waals surface area contributed by atoms with Crippen LogP contribution in [0, 0.1) is 11.3 Å². The van der Waals surface area contributed by atoms with E-state index in [4.69, 9.17) is 10.5 Å². The summed E-state index contributed by atoms with van der Waals surface area (Å²) >= 11 is 0. The topological polar surface area (TPSA) is 93.0 Å². The van der Waals surface area contributed by atoms with Gasteiger partial charge in [0.05, 0.1) is 0 Å². The van der Waals surface area contributed by atoms with Crippen molar-refractivity contribution >= 4 is 24.1 Å². The van der Waals surface area contributed by atoms with Crippen molar-refractivity contribution in [3.8, 4) is 0 Å². The number of nitrogens with zero attached hydrogens (tertiary/aromatic N) is 1. The molecule has 1 saturated carbocycles. The second-order valence-electron chi connectivity index (χ2n) is 8.85. The second kappa shape index (κ2) is 8.28. The van der Waals surface area contributed by atoms with E-state index < -0.39 is 5.54 Å². The number of ether oxygens (including phenoxy) is 1. The third-order valence-corrected chi connectivity index (χ3v) is 6.07. The van der Waals surface area contributed by atoms with E-state index in [2.05, 4.69) is 36.3 Å². The fourth-order valence-electron chi connectivity index (χ4n) is 4.08. The van der Waals surface area contributed by atoms with E-state index in [0.29, 0.717) is 43.2 Å².